The van der Waals surface area contributed by atoms with Gasteiger partial charge in [-0.25, -0.2) is 0 Å². The van der Waals surface area contributed by atoms with Gasteiger partial charge in [-0.1, -0.05) is 41.9 Å². The summed E-state index contributed by atoms with van der Waals surface area (Å²) >= 11 is 6.01. The number of hydrogen-bond donors (Lipinski definition) is 2. The molecule has 0 atom stereocenters. The van der Waals surface area contributed by atoms with Crippen LogP contribution in [0.25, 0.3) is 0 Å². The lowest BCUT2D eigenvalue weighted by atomic mass is 10.0. The lowest BCUT2D eigenvalue weighted by Gasteiger charge is -2.11. The first-order chi connectivity index (χ1) is 9.72. The highest BCUT2D eigenvalue weighted by atomic mass is 35.5. The van der Waals surface area contributed by atoms with Crippen LogP contribution in [0, 0.1) is 0 Å². The molecule has 21 heavy (non-hydrogen) atoms. The van der Waals surface area contributed by atoms with Crippen molar-refractivity contribution < 1.29 is 4.79 Å². The third-order valence-electron chi connectivity index (χ3n) is 2.96. The van der Waals surface area contributed by atoms with Crippen molar-refractivity contribution in [3.05, 3.63) is 64.7 Å². The smallest absolute Gasteiger partial charge is 0.195 e. The lowest BCUT2D eigenvalue weighted by molar-refractivity contribution is 0.103. The molecule has 0 spiro atoms. The fourth-order valence-electron chi connectivity index (χ4n) is 1.93. The van der Waals surface area contributed by atoms with Crippen molar-refractivity contribution in [3.8, 4) is 0 Å². The molecule has 0 saturated heterocycles. The Bertz CT molecular complexity index is 588. The summed E-state index contributed by atoms with van der Waals surface area (Å²) in [5.74, 6) is -0.0386. The zero-order chi connectivity index (χ0) is 14.4. The van der Waals surface area contributed by atoms with Gasteiger partial charge >= 0.3 is 0 Å². The summed E-state index contributed by atoms with van der Waals surface area (Å²) in [7, 11) is 0. The average molecular weight is 325 g/mol. The van der Waals surface area contributed by atoms with Gasteiger partial charge in [-0.15, -0.1) is 12.4 Å². The highest BCUT2D eigenvalue weighted by Crippen LogP contribution is 2.23. The second-order valence-electron chi connectivity index (χ2n) is 4.45. The van der Waals surface area contributed by atoms with E-state index in [1.165, 1.54) is 0 Å². The van der Waals surface area contributed by atoms with Gasteiger partial charge in [0.2, 0.25) is 0 Å². The van der Waals surface area contributed by atoms with Crippen LogP contribution >= 0.6 is 24.0 Å². The summed E-state index contributed by atoms with van der Waals surface area (Å²) in [5, 5.41) is 3.78. The Morgan fingerprint density at radius 1 is 1.14 bits per heavy atom. The van der Waals surface area contributed by atoms with Gasteiger partial charge in [-0.05, 0) is 31.2 Å². The third kappa shape index (κ3) is 4.74. The predicted octanol–water partition coefficient (Wildman–Crippen LogP) is 3.75. The van der Waals surface area contributed by atoms with Gasteiger partial charge in [-0.3, -0.25) is 4.79 Å². The van der Waals surface area contributed by atoms with Crippen LogP contribution in [0.4, 0.5) is 5.69 Å². The minimum Gasteiger partial charge on any atom is -0.384 e. The number of halogens is 2. The largest absolute Gasteiger partial charge is 0.384 e. The van der Waals surface area contributed by atoms with E-state index in [1.54, 1.807) is 24.3 Å². The third-order valence-corrected chi connectivity index (χ3v) is 3.19. The molecule has 2 aromatic carbocycles. The molecule has 0 aromatic heterocycles. The SMILES string of the molecule is Cl.NCCCNc1ccc(Cl)cc1C(=O)c1ccccc1. The minimum absolute atomic E-state index is 0. The number of carbonyl (C=O) groups excluding carboxylic acids is 1. The molecule has 0 bridgehead atoms. The molecule has 0 aliphatic carbocycles. The van der Waals surface area contributed by atoms with Crippen molar-refractivity contribution in [1.29, 1.82) is 0 Å². The average Bonchev–Trinajstić information content (AvgIpc) is 2.49. The van der Waals surface area contributed by atoms with E-state index < -0.39 is 0 Å². The van der Waals surface area contributed by atoms with Crippen LogP contribution in [0.1, 0.15) is 22.3 Å². The van der Waals surface area contributed by atoms with Crippen molar-refractivity contribution in [2.45, 2.75) is 6.42 Å². The molecule has 3 nitrogen and oxygen atoms in total. The quantitative estimate of drug-likeness (QED) is 0.628. The van der Waals surface area contributed by atoms with Crippen LogP contribution in [-0.4, -0.2) is 18.9 Å². The molecule has 0 radical (unpaired) electrons. The van der Waals surface area contributed by atoms with E-state index >= 15 is 0 Å². The van der Waals surface area contributed by atoms with E-state index in [0.29, 0.717) is 22.7 Å². The van der Waals surface area contributed by atoms with E-state index in [9.17, 15) is 4.79 Å². The predicted molar refractivity (Wildman–Crippen MR) is 90.7 cm³/mol. The fourth-order valence-corrected chi connectivity index (χ4v) is 2.10. The van der Waals surface area contributed by atoms with Crippen molar-refractivity contribution in [2.24, 2.45) is 5.73 Å². The van der Waals surface area contributed by atoms with Crippen LogP contribution in [0.5, 0.6) is 0 Å². The normalized spacial score (nSPS) is 9.81. The molecule has 0 amide bonds. The van der Waals surface area contributed by atoms with Gasteiger partial charge in [-0.2, -0.15) is 0 Å². The molecule has 0 heterocycles. The van der Waals surface area contributed by atoms with Crippen LogP contribution < -0.4 is 11.1 Å². The van der Waals surface area contributed by atoms with Gasteiger partial charge in [0, 0.05) is 28.4 Å². The zero-order valence-electron chi connectivity index (χ0n) is 11.5. The molecular weight excluding hydrogens is 307 g/mol. The maximum Gasteiger partial charge on any atom is 0.195 e. The highest BCUT2D eigenvalue weighted by molar-refractivity contribution is 6.31. The number of rotatable bonds is 6. The van der Waals surface area contributed by atoms with Gasteiger partial charge in [0.05, 0.1) is 0 Å². The number of ketones is 1. The Hall–Kier alpha value is -1.55. The topological polar surface area (TPSA) is 55.1 Å². The molecular formula is C16H18Cl2N2O. The first-order valence-electron chi connectivity index (χ1n) is 6.55. The van der Waals surface area contributed by atoms with Gasteiger partial charge < -0.3 is 11.1 Å². The molecule has 0 fully saturated rings. The standard InChI is InChI=1S/C16H17ClN2O.ClH/c17-13-7-8-15(19-10-4-9-18)14(11-13)16(20)12-5-2-1-3-6-12;/h1-3,5-8,11,19H,4,9-10,18H2;1H. The number of hydrogen-bond acceptors (Lipinski definition) is 3. The van der Waals surface area contributed by atoms with Crippen molar-refractivity contribution >= 4 is 35.5 Å². The highest BCUT2D eigenvalue weighted by Gasteiger charge is 2.13. The van der Waals surface area contributed by atoms with E-state index in [0.717, 1.165) is 18.7 Å². The molecule has 0 saturated carbocycles. The molecule has 0 aliphatic heterocycles. The van der Waals surface area contributed by atoms with E-state index in [1.807, 2.05) is 24.3 Å². The maximum absolute atomic E-state index is 12.5. The van der Waals surface area contributed by atoms with Crippen molar-refractivity contribution in [2.75, 3.05) is 18.4 Å². The van der Waals surface area contributed by atoms with Crippen LogP contribution in [-0.2, 0) is 0 Å². The summed E-state index contributed by atoms with van der Waals surface area (Å²) in [4.78, 5) is 12.5. The summed E-state index contributed by atoms with van der Waals surface area (Å²) in [5.41, 5.74) is 7.50. The molecule has 0 aliphatic rings. The molecule has 2 aromatic rings. The first-order valence-corrected chi connectivity index (χ1v) is 6.93. The monoisotopic (exact) mass is 324 g/mol. The van der Waals surface area contributed by atoms with Crippen molar-refractivity contribution in [3.63, 3.8) is 0 Å². The number of nitrogens with two attached hydrogens (primary N) is 1. The summed E-state index contributed by atoms with van der Waals surface area (Å²) in [6.07, 6.45) is 0.849. The second kappa shape index (κ2) is 8.67. The Labute approximate surface area is 135 Å². The molecule has 2 rings (SSSR count). The Kier molecular flexibility index (Phi) is 7.23. The van der Waals surface area contributed by atoms with E-state index in [4.69, 9.17) is 17.3 Å². The van der Waals surface area contributed by atoms with E-state index in [2.05, 4.69) is 5.32 Å². The van der Waals surface area contributed by atoms with Gasteiger partial charge in [0.15, 0.2) is 5.78 Å². The van der Waals surface area contributed by atoms with Crippen molar-refractivity contribution in [1.82, 2.24) is 0 Å². The van der Waals surface area contributed by atoms with E-state index in [-0.39, 0.29) is 18.2 Å². The fraction of sp³-hybridized carbons (Fsp3) is 0.188. The molecule has 112 valence electrons. The summed E-state index contributed by atoms with van der Waals surface area (Å²) < 4.78 is 0. The van der Waals surface area contributed by atoms with Gasteiger partial charge in [0.25, 0.3) is 0 Å². The summed E-state index contributed by atoms with van der Waals surface area (Å²) in [6.45, 7) is 1.34. The molecule has 0 unspecified atom stereocenters. The minimum atomic E-state index is -0.0386. The summed E-state index contributed by atoms with van der Waals surface area (Å²) in [6, 6.07) is 14.5. The Morgan fingerprint density at radius 3 is 2.52 bits per heavy atom. The second-order valence-corrected chi connectivity index (χ2v) is 4.89. The maximum atomic E-state index is 12.5. The first kappa shape index (κ1) is 17.5. The zero-order valence-corrected chi connectivity index (χ0v) is 13.1. The van der Waals surface area contributed by atoms with Gasteiger partial charge in [0.1, 0.15) is 0 Å². The number of nitrogens with one attached hydrogen (secondary N) is 1. The number of carbonyl (C=O) groups is 1. The molecule has 5 heteroatoms. The lowest BCUT2D eigenvalue weighted by Crippen LogP contribution is -2.12. The Balaban J connectivity index is 0.00000220. The number of benzene rings is 2. The number of anilines is 1. The Morgan fingerprint density at radius 2 is 1.86 bits per heavy atom. The van der Waals surface area contributed by atoms with Crippen LogP contribution in [0.3, 0.4) is 0 Å². The molecule has 3 N–H and O–H groups in total. The van der Waals surface area contributed by atoms with Crippen LogP contribution in [0.15, 0.2) is 48.5 Å². The van der Waals surface area contributed by atoms with Crippen LogP contribution in [0.2, 0.25) is 5.02 Å².